The number of phenols is 2. The highest BCUT2D eigenvalue weighted by molar-refractivity contribution is 5.57. The molecule has 4 heteroatoms. The molecule has 0 heterocycles. The van der Waals surface area contributed by atoms with Crippen molar-refractivity contribution in [1.82, 2.24) is 0 Å². The lowest BCUT2D eigenvalue weighted by Crippen LogP contribution is -2.17. The number of nitrogens with two attached hydrogens (primary N) is 2. The zero-order valence-corrected chi connectivity index (χ0v) is 22.4. The van der Waals surface area contributed by atoms with Gasteiger partial charge in [-0.05, 0) is 45.9 Å². The minimum atomic E-state index is -0.0978. The van der Waals surface area contributed by atoms with Crippen molar-refractivity contribution in [1.29, 1.82) is 0 Å². The molecule has 0 aliphatic rings. The third-order valence-electron chi connectivity index (χ3n) is 5.50. The van der Waals surface area contributed by atoms with Crippen LogP contribution in [-0.2, 0) is 21.7 Å². The van der Waals surface area contributed by atoms with Gasteiger partial charge in [0.2, 0.25) is 0 Å². The number of anilines is 2. The van der Waals surface area contributed by atoms with Crippen LogP contribution >= 0.6 is 0 Å². The number of hydrogen-bond donors (Lipinski definition) is 4. The van der Waals surface area contributed by atoms with Crippen molar-refractivity contribution in [3.8, 4) is 11.5 Å². The maximum absolute atomic E-state index is 10.3. The maximum Gasteiger partial charge on any atom is 0.123 e. The van der Waals surface area contributed by atoms with E-state index in [9.17, 15) is 10.2 Å². The summed E-state index contributed by atoms with van der Waals surface area (Å²) >= 11 is 0. The van der Waals surface area contributed by atoms with Crippen LogP contribution in [0.1, 0.15) is 105 Å². The number of benzene rings is 2. The van der Waals surface area contributed by atoms with Gasteiger partial charge in [0.25, 0.3) is 0 Å². The normalized spacial score (nSPS) is 12.9. The van der Waals surface area contributed by atoms with E-state index < -0.39 is 0 Å². The fourth-order valence-corrected chi connectivity index (χ4v) is 3.60. The zero-order valence-electron chi connectivity index (χ0n) is 22.4. The number of nitrogen functional groups attached to an aromatic ring is 2. The number of phenolic OH excluding ortho intramolecular Hbond substituents is 2. The van der Waals surface area contributed by atoms with Gasteiger partial charge >= 0.3 is 0 Å². The third-order valence-corrected chi connectivity index (χ3v) is 5.50. The van der Waals surface area contributed by atoms with Crippen LogP contribution in [0.2, 0.25) is 0 Å². The molecule has 0 atom stereocenters. The summed E-state index contributed by atoms with van der Waals surface area (Å²) in [7, 11) is 0. The highest BCUT2D eigenvalue weighted by Crippen LogP contribution is 2.41. The second kappa shape index (κ2) is 8.88. The Balaban J connectivity index is 0.000000320. The highest BCUT2D eigenvalue weighted by atomic mass is 16.3. The summed E-state index contributed by atoms with van der Waals surface area (Å²) in [5, 5.41) is 20.7. The molecule has 0 saturated carbocycles. The molecule has 180 valence electrons. The van der Waals surface area contributed by atoms with Crippen LogP contribution in [0.4, 0.5) is 11.4 Å². The van der Waals surface area contributed by atoms with Crippen LogP contribution in [0.15, 0.2) is 24.3 Å². The summed E-state index contributed by atoms with van der Waals surface area (Å²) in [5.41, 5.74) is 16.5. The van der Waals surface area contributed by atoms with E-state index in [2.05, 4.69) is 83.1 Å². The topological polar surface area (TPSA) is 92.5 Å². The van der Waals surface area contributed by atoms with Crippen LogP contribution in [0.5, 0.6) is 11.5 Å². The molecule has 0 aromatic heterocycles. The molecule has 0 amide bonds. The van der Waals surface area contributed by atoms with Gasteiger partial charge in [-0.1, -0.05) is 83.1 Å². The minimum absolute atomic E-state index is 0.0978. The second-order valence-electron chi connectivity index (χ2n) is 12.9. The summed E-state index contributed by atoms with van der Waals surface area (Å²) in [5.74, 6) is 0.767. The quantitative estimate of drug-likeness (QED) is 0.258. The standard InChI is InChI=1S/2C14H23NO/c2*1-13(2,3)10-7-9(15)8-11(12(10)16)14(4,5)6/h2*7-8,16H,15H2,1-6H3. The smallest absolute Gasteiger partial charge is 0.123 e. The Kier molecular flexibility index (Phi) is 7.68. The lowest BCUT2D eigenvalue weighted by atomic mass is 9.79. The first kappa shape index (κ1) is 27.7. The molecule has 0 aliphatic carbocycles. The van der Waals surface area contributed by atoms with Gasteiger partial charge in [0.15, 0.2) is 0 Å². The van der Waals surface area contributed by atoms with Gasteiger partial charge in [-0.25, -0.2) is 0 Å². The van der Waals surface area contributed by atoms with E-state index in [0.717, 1.165) is 22.3 Å². The first-order valence-electron chi connectivity index (χ1n) is 11.3. The van der Waals surface area contributed by atoms with Gasteiger partial charge in [0.1, 0.15) is 11.5 Å². The molecular formula is C28H46N2O2. The fraction of sp³-hybridized carbons (Fsp3) is 0.571. The van der Waals surface area contributed by atoms with E-state index in [-0.39, 0.29) is 21.7 Å². The largest absolute Gasteiger partial charge is 0.507 e. The number of aromatic hydroxyl groups is 2. The predicted octanol–water partition coefficient (Wildman–Crippen LogP) is 7.14. The number of hydrogen-bond acceptors (Lipinski definition) is 4. The van der Waals surface area contributed by atoms with Crippen molar-refractivity contribution in [3.63, 3.8) is 0 Å². The van der Waals surface area contributed by atoms with E-state index >= 15 is 0 Å². The van der Waals surface area contributed by atoms with Crippen molar-refractivity contribution in [2.45, 2.75) is 105 Å². The molecule has 2 rings (SSSR count). The molecular weight excluding hydrogens is 396 g/mol. The van der Waals surface area contributed by atoms with Crippen LogP contribution < -0.4 is 11.5 Å². The van der Waals surface area contributed by atoms with E-state index in [0.29, 0.717) is 22.9 Å². The first-order valence-corrected chi connectivity index (χ1v) is 11.3. The Hall–Kier alpha value is -2.36. The predicted molar refractivity (Wildman–Crippen MR) is 140 cm³/mol. The van der Waals surface area contributed by atoms with E-state index in [1.165, 1.54) is 0 Å². The Morgan fingerprint density at radius 2 is 0.594 bits per heavy atom. The summed E-state index contributed by atoms with van der Waals surface area (Å²) in [6.45, 7) is 24.9. The van der Waals surface area contributed by atoms with Crippen molar-refractivity contribution in [2.75, 3.05) is 11.5 Å². The summed E-state index contributed by atoms with van der Waals surface area (Å²) in [6, 6.07) is 7.46. The average Bonchev–Trinajstić information content (AvgIpc) is 2.55. The van der Waals surface area contributed by atoms with Crippen molar-refractivity contribution in [2.24, 2.45) is 0 Å². The molecule has 0 spiro atoms. The maximum atomic E-state index is 10.3. The molecule has 0 aliphatic heterocycles. The molecule has 6 N–H and O–H groups in total. The van der Waals surface area contributed by atoms with E-state index in [4.69, 9.17) is 11.5 Å². The molecule has 0 fully saturated rings. The fourth-order valence-electron chi connectivity index (χ4n) is 3.60. The van der Waals surface area contributed by atoms with Crippen LogP contribution in [0, 0.1) is 0 Å². The zero-order chi connectivity index (χ0) is 25.4. The Morgan fingerprint density at radius 3 is 0.719 bits per heavy atom. The van der Waals surface area contributed by atoms with Gasteiger partial charge in [-0.15, -0.1) is 0 Å². The Morgan fingerprint density at radius 1 is 0.438 bits per heavy atom. The molecule has 32 heavy (non-hydrogen) atoms. The van der Waals surface area contributed by atoms with Gasteiger partial charge in [0.05, 0.1) is 0 Å². The second-order valence-corrected chi connectivity index (χ2v) is 12.9. The lowest BCUT2D eigenvalue weighted by molar-refractivity contribution is 0.423. The van der Waals surface area contributed by atoms with Crippen LogP contribution in [-0.4, -0.2) is 10.2 Å². The molecule has 4 nitrogen and oxygen atoms in total. The summed E-state index contributed by atoms with van der Waals surface area (Å²) < 4.78 is 0. The molecule has 0 radical (unpaired) electrons. The van der Waals surface area contributed by atoms with Crippen molar-refractivity contribution < 1.29 is 10.2 Å². The third kappa shape index (κ3) is 6.82. The minimum Gasteiger partial charge on any atom is -0.507 e. The van der Waals surface area contributed by atoms with Gasteiger partial charge in [-0.3, -0.25) is 0 Å². The van der Waals surface area contributed by atoms with Crippen LogP contribution in [0.3, 0.4) is 0 Å². The first-order chi connectivity index (χ1) is 14.1. The highest BCUT2D eigenvalue weighted by Gasteiger charge is 2.27. The Bertz CT molecular complexity index is 798. The van der Waals surface area contributed by atoms with Gasteiger partial charge < -0.3 is 21.7 Å². The lowest BCUT2D eigenvalue weighted by Gasteiger charge is -2.27. The van der Waals surface area contributed by atoms with Crippen LogP contribution in [0.25, 0.3) is 0 Å². The van der Waals surface area contributed by atoms with Crippen molar-refractivity contribution >= 4 is 11.4 Å². The summed E-state index contributed by atoms with van der Waals surface area (Å²) in [6.07, 6.45) is 0. The van der Waals surface area contributed by atoms with Crippen molar-refractivity contribution in [3.05, 3.63) is 46.5 Å². The SMILES string of the molecule is CC(C)(C)c1cc(N)cc(C(C)(C)C)c1O.CC(C)(C)c1cc(N)cc(C(C)(C)C)c1O. The monoisotopic (exact) mass is 442 g/mol. The van der Waals surface area contributed by atoms with E-state index in [1.54, 1.807) is 0 Å². The van der Waals surface area contributed by atoms with Gasteiger partial charge in [-0.2, -0.15) is 0 Å². The Labute approximate surface area is 196 Å². The molecule has 2 aromatic carbocycles. The number of rotatable bonds is 0. The van der Waals surface area contributed by atoms with Gasteiger partial charge in [0, 0.05) is 33.6 Å². The molecule has 0 saturated heterocycles. The molecule has 0 unspecified atom stereocenters. The molecule has 2 aromatic rings. The van der Waals surface area contributed by atoms with E-state index in [1.807, 2.05) is 24.3 Å². The average molecular weight is 443 g/mol. The molecule has 0 bridgehead atoms. The summed E-state index contributed by atoms with van der Waals surface area (Å²) in [4.78, 5) is 0.